The topological polar surface area (TPSA) is 72.7 Å². The molecule has 29 heavy (non-hydrogen) atoms. The lowest BCUT2D eigenvalue weighted by Gasteiger charge is -2.09. The monoisotopic (exact) mass is 421 g/mol. The number of hydrogen-bond acceptors (Lipinski definition) is 5. The molecular weight excluding hydrogens is 406 g/mol. The summed E-state index contributed by atoms with van der Waals surface area (Å²) in [7, 11) is 0. The van der Waals surface area contributed by atoms with E-state index in [2.05, 4.69) is 20.4 Å². The van der Waals surface area contributed by atoms with Crippen molar-refractivity contribution in [2.45, 2.75) is 17.0 Å². The van der Waals surface area contributed by atoms with Gasteiger partial charge in [-0.05, 0) is 72.8 Å². The van der Waals surface area contributed by atoms with Gasteiger partial charge < -0.3 is 5.32 Å². The Labute approximate surface area is 177 Å². The quantitative estimate of drug-likeness (QED) is 0.457. The molecule has 0 aliphatic heterocycles. The van der Waals surface area contributed by atoms with Crippen molar-refractivity contribution in [3.05, 3.63) is 89.5 Å². The highest BCUT2D eigenvalue weighted by Gasteiger charge is 2.12. The lowest BCUT2D eigenvalue weighted by molar-refractivity contribution is 0.102. The molecule has 0 aliphatic carbocycles. The van der Waals surface area contributed by atoms with E-state index < -0.39 is 0 Å². The Morgan fingerprint density at radius 3 is 2.66 bits per heavy atom. The summed E-state index contributed by atoms with van der Waals surface area (Å²) in [5, 5.41) is 8.54. The van der Waals surface area contributed by atoms with Crippen LogP contribution in [0.4, 0.5) is 5.69 Å². The molecule has 2 aromatic heterocycles. The number of amides is 1. The van der Waals surface area contributed by atoms with E-state index in [1.165, 1.54) is 11.8 Å². The van der Waals surface area contributed by atoms with Crippen LogP contribution in [-0.2, 0) is 0 Å². The maximum atomic E-state index is 12.6. The summed E-state index contributed by atoms with van der Waals surface area (Å²) in [5.74, 6) is -0.277. The lowest BCUT2D eigenvalue weighted by atomic mass is 10.2. The third kappa shape index (κ3) is 4.64. The number of benzene rings is 2. The molecule has 6 nitrogen and oxygen atoms in total. The van der Waals surface area contributed by atoms with E-state index in [1.54, 1.807) is 47.5 Å². The first-order valence-electron chi connectivity index (χ1n) is 8.77. The molecule has 1 amide bonds. The number of carbonyl (C=O) groups is 1. The highest BCUT2D eigenvalue weighted by atomic mass is 35.5. The fourth-order valence-corrected chi connectivity index (χ4v) is 3.67. The van der Waals surface area contributed by atoms with Crippen molar-refractivity contribution in [1.82, 2.24) is 19.7 Å². The summed E-state index contributed by atoms with van der Waals surface area (Å²) < 4.78 is 1.62. The SMILES string of the molecule is Cc1cc(Sc2ncccn2)ccc1NC(=O)c1ccn(-c2cccc(Cl)c2)n1. The molecule has 0 atom stereocenters. The van der Waals surface area contributed by atoms with Crippen molar-refractivity contribution in [3.63, 3.8) is 0 Å². The highest BCUT2D eigenvalue weighted by Crippen LogP contribution is 2.28. The molecule has 0 saturated carbocycles. The van der Waals surface area contributed by atoms with Gasteiger partial charge in [0, 0.05) is 34.2 Å². The lowest BCUT2D eigenvalue weighted by Crippen LogP contribution is -2.14. The van der Waals surface area contributed by atoms with E-state index in [-0.39, 0.29) is 5.91 Å². The van der Waals surface area contributed by atoms with Crippen molar-refractivity contribution in [2.75, 3.05) is 5.32 Å². The molecular formula is C21H16ClN5OS. The molecule has 8 heteroatoms. The first-order chi connectivity index (χ1) is 14.1. The van der Waals surface area contributed by atoms with Crippen LogP contribution in [0.25, 0.3) is 5.69 Å². The third-order valence-corrected chi connectivity index (χ3v) is 5.21. The Hall–Kier alpha value is -3.16. The zero-order valence-electron chi connectivity index (χ0n) is 15.4. The molecule has 0 bridgehead atoms. The first-order valence-corrected chi connectivity index (χ1v) is 9.96. The average Bonchev–Trinajstić information content (AvgIpc) is 3.21. The molecule has 4 aromatic rings. The minimum absolute atomic E-state index is 0.277. The Balaban J connectivity index is 1.47. The van der Waals surface area contributed by atoms with Gasteiger partial charge in [-0.2, -0.15) is 5.10 Å². The minimum atomic E-state index is -0.277. The largest absolute Gasteiger partial charge is 0.320 e. The molecule has 0 fully saturated rings. The van der Waals surface area contributed by atoms with Crippen LogP contribution >= 0.6 is 23.4 Å². The highest BCUT2D eigenvalue weighted by molar-refractivity contribution is 7.99. The van der Waals surface area contributed by atoms with Gasteiger partial charge in [-0.1, -0.05) is 17.7 Å². The second-order valence-corrected chi connectivity index (χ2v) is 7.67. The van der Waals surface area contributed by atoms with Crippen LogP contribution in [0.5, 0.6) is 0 Å². The number of aryl methyl sites for hydroxylation is 1. The van der Waals surface area contributed by atoms with E-state index in [0.717, 1.165) is 21.8 Å². The van der Waals surface area contributed by atoms with Crippen LogP contribution in [0.3, 0.4) is 0 Å². The van der Waals surface area contributed by atoms with Crippen LogP contribution in [0.2, 0.25) is 5.02 Å². The van der Waals surface area contributed by atoms with Crippen LogP contribution in [0.1, 0.15) is 16.1 Å². The fourth-order valence-electron chi connectivity index (χ4n) is 2.68. The Morgan fingerprint density at radius 1 is 1.07 bits per heavy atom. The maximum absolute atomic E-state index is 12.6. The molecule has 0 radical (unpaired) electrons. The van der Waals surface area contributed by atoms with Gasteiger partial charge in [0.25, 0.3) is 5.91 Å². The number of nitrogens with zero attached hydrogens (tertiary/aromatic N) is 4. The summed E-state index contributed by atoms with van der Waals surface area (Å²) >= 11 is 7.49. The van der Waals surface area contributed by atoms with Crippen LogP contribution in [0, 0.1) is 6.92 Å². The van der Waals surface area contributed by atoms with Crippen molar-refractivity contribution < 1.29 is 4.79 Å². The van der Waals surface area contributed by atoms with Crippen molar-refractivity contribution >= 4 is 35.0 Å². The normalized spacial score (nSPS) is 10.7. The number of rotatable bonds is 5. The summed E-state index contributed by atoms with van der Waals surface area (Å²) in [5.41, 5.74) is 2.77. The summed E-state index contributed by atoms with van der Waals surface area (Å²) in [6.45, 7) is 1.94. The second kappa shape index (κ2) is 8.46. The predicted octanol–water partition coefficient (Wildman–Crippen LogP) is 5.03. The van der Waals surface area contributed by atoms with Crippen molar-refractivity contribution in [3.8, 4) is 5.69 Å². The van der Waals surface area contributed by atoms with E-state index in [4.69, 9.17) is 11.6 Å². The van der Waals surface area contributed by atoms with Gasteiger partial charge in [-0.15, -0.1) is 0 Å². The molecule has 0 aliphatic rings. The summed E-state index contributed by atoms with van der Waals surface area (Å²) in [4.78, 5) is 22.0. The zero-order valence-corrected chi connectivity index (χ0v) is 17.0. The van der Waals surface area contributed by atoms with Crippen molar-refractivity contribution in [1.29, 1.82) is 0 Å². The van der Waals surface area contributed by atoms with E-state index >= 15 is 0 Å². The molecule has 144 valence electrons. The van der Waals surface area contributed by atoms with Crippen LogP contribution in [0.15, 0.2) is 83.2 Å². The fraction of sp³-hybridized carbons (Fsp3) is 0.0476. The first kappa shape index (κ1) is 19.2. The smallest absolute Gasteiger partial charge is 0.276 e. The third-order valence-electron chi connectivity index (χ3n) is 4.09. The van der Waals surface area contributed by atoms with Gasteiger partial charge in [-0.25, -0.2) is 14.6 Å². The van der Waals surface area contributed by atoms with Gasteiger partial charge >= 0.3 is 0 Å². The zero-order chi connectivity index (χ0) is 20.2. The number of anilines is 1. The van der Waals surface area contributed by atoms with E-state index in [1.807, 2.05) is 37.3 Å². The molecule has 2 heterocycles. The summed E-state index contributed by atoms with van der Waals surface area (Å²) in [6.07, 6.45) is 5.14. The Kier molecular flexibility index (Phi) is 5.59. The Bertz CT molecular complexity index is 1160. The van der Waals surface area contributed by atoms with Gasteiger partial charge in [0.1, 0.15) is 0 Å². The number of carbonyl (C=O) groups excluding carboxylic acids is 1. The minimum Gasteiger partial charge on any atom is -0.320 e. The second-order valence-electron chi connectivity index (χ2n) is 6.19. The molecule has 1 N–H and O–H groups in total. The van der Waals surface area contributed by atoms with E-state index in [0.29, 0.717) is 15.9 Å². The van der Waals surface area contributed by atoms with Gasteiger partial charge in [0.15, 0.2) is 10.9 Å². The Morgan fingerprint density at radius 2 is 1.90 bits per heavy atom. The van der Waals surface area contributed by atoms with E-state index in [9.17, 15) is 4.79 Å². The molecule has 2 aromatic carbocycles. The van der Waals surface area contributed by atoms with Gasteiger partial charge in [-0.3, -0.25) is 4.79 Å². The number of nitrogens with one attached hydrogen (secondary N) is 1. The van der Waals surface area contributed by atoms with Crippen molar-refractivity contribution in [2.24, 2.45) is 0 Å². The van der Waals surface area contributed by atoms with Gasteiger partial charge in [0.05, 0.1) is 5.69 Å². The number of halogens is 1. The molecule has 0 unspecified atom stereocenters. The predicted molar refractivity (Wildman–Crippen MR) is 114 cm³/mol. The molecule has 0 saturated heterocycles. The molecule has 0 spiro atoms. The van der Waals surface area contributed by atoms with Gasteiger partial charge in [0.2, 0.25) is 0 Å². The molecule has 4 rings (SSSR count). The standard InChI is InChI=1S/C21H16ClN5OS/c1-14-12-17(29-21-23-9-3-10-24-21)6-7-18(14)25-20(28)19-8-11-27(26-19)16-5-2-4-15(22)13-16/h2-13H,1H3,(H,25,28). The average molecular weight is 422 g/mol. The summed E-state index contributed by atoms with van der Waals surface area (Å²) in [6, 6.07) is 16.5. The number of aromatic nitrogens is 4. The van der Waals surface area contributed by atoms with Crippen LogP contribution < -0.4 is 5.32 Å². The van der Waals surface area contributed by atoms with Crippen LogP contribution in [-0.4, -0.2) is 25.7 Å². The number of hydrogen-bond donors (Lipinski definition) is 1. The maximum Gasteiger partial charge on any atom is 0.276 e.